The molecular weight excluding hydrogens is 413 g/mol. The molecule has 1 fully saturated rings. The van der Waals surface area contributed by atoms with Gasteiger partial charge in [0.25, 0.3) is 0 Å². The van der Waals surface area contributed by atoms with E-state index in [9.17, 15) is 4.79 Å². The molecule has 0 unspecified atom stereocenters. The van der Waals surface area contributed by atoms with Crippen molar-refractivity contribution in [3.63, 3.8) is 0 Å². The van der Waals surface area contributed by atoms with E-state index in [1.807, 2.05) is 18.2 Å². The Hall–Kier alpha value is -2.15. The average Bonchev–Trinajstić information content (AvgIpc) is 3.17. The molecule has 1 aliphatic heterocycles. The third-order valence-electron chi connectivity index (χ3n) is 5.31. The summed E-state index contributed by atoms with van der Waals surface area (Å²) in [5, 5.41) is 11.5. The number of amides is 1. The summed E-state index contributed by atoms with van der Waals surface area (Å²) in [7, 11) is 0. The Balaban J connectivity index is 1.61. The van der Waals surface area contributed by atoms with Crippen LogP contribution in [0.2, 0.25) is 0 Å². The fourth-order valence-corrected chi connectivity index (χ4v) is 4.53. The molecule has 0 radical (unpaired) electrons. The van der Waals surface area contributed by atoms with Crippen molar-refractivity contribution in [1.29, 1.82) is 0 Å². The van der Waals surface area contributed by atoms with Gasteiger partial charge in [-0.3, -0.25) is 9.89 Å². The molecule has 1 aliphatic carbocycles. The number of nitrogens with one attached hydrogen (secondary N) is 2. The first-order valence-electron chi connectivity index (χ1n) is 7.85. The number of anilines is 1. The molecule has 0 saturated heterocycles. The lowest BCUT2D eigenvalue weighted by atomic mass is 9.91. The van der Waals surface area contributed by atoms with Crippen LogP contribution in [0, 0.1) is 3.70 Å². The monoisotopic (exact) mass is 427 g/mol. The summed E-state index contributed by atoms with van der Waals surface area (Å²) in [6, 6.07) is 12.4. The molecule has 1 aromatic heterocycles. The van der Waals surface area contributed by atoms with E-state index >= 15 is 0 Å². The summed E-state index contributed by atoms with van der Waals surface area (Å²) >= 11 is 2.25. The lowest BCUT2D eigenvalue weighted by Gasteiger charge is -2.09. The van der Waals surface area contributed by atoms with Crippen LogP contribution < -0.4 is 5.32 Å². The second-order valence-electron chi connectivity index (χ2n) is 6.51. The third kappa shape index (κ3) is 1.73. The van der Waals surface area contributed by atoms with E-state index in [1.54, 1.807) is 0 Å². The van der Waals surface area contributed by atoms with Gasteiger partial charge in [0.05, 0.1) is 10.9 Å². The molecule has 2 atom stereocenters. The number of rotatable bonds is 2. The first-order valence-corrected chi connectivity index (χ1v) is 8.93. The second-order valence-corrected chi connectivity index (χ2v) is 7.58. The zero-order chi connectivity index (χ0) is 16.5. The number of aromatic nitrogens is 2. The summed E-state index contributed by atoms with van der Waals surface area (Å²) < 4.78 is 1.04. The number of carbonyl (C=O) groups is 1. The summed E-state index contributed by atoms with van der Waals surface area (Å²) in [5.74, 6) is 0.318. The van der Waals surface area contributed by atoms with Crippen molar-refractivity contribution in [2.45, 2.75) is 17.8 Å². The quantitative estimate of drug-likeness (QED) is 0.603. The topological polar surface area (TPSA) is 57.8 Å². The maximum Gasteiger partial charge on any atom is 0.235 e. The van der Waals surface area contributed by atoms with Gasteiger partial charge in [0.1, 0.15) is 3.70 Å². The van der Waals surface area contributed by atoms with Crippen LogP contribution in [-0.4, -0.2) is 16.1 Å². The summed E-state index contributed by atoms with van der Waals surface area (Å²) in [6.07, 6.45) is 2.67. The van der Waals surface area contributed by atoms with Crippen LogP contribution in [0.5, 0.6) is 0 Å². The van der Waals surface area contributed by atoms with Gasteiger partial charge in [0.15, 0.2) is 0 Å². The highest BCUT2D eigenvalue weighted by Gasteiger charge is 2.65. The molecule has 1 saturated carbocycles. The van der Waals surface area contributed by atoms with Crippen LogP contribution in [0.4, 0.5) is 5.69 Å². The van der Waals surface area contributed by atoms with Crippen molar-refractivity contribution in [2.24, 2.45) is 0 Å². The van der Waals surface area contributed by atoms with Gasteiger partial charge in [-0.05, 0) is 70.0 Å². The predicted molar refractivity (Wildman–Crippen MR) is 103 cm³/mol. The van der Waals surface area contributed by atoms with Gasteiger partial charge in [-0.2, -0.15) is 5.10 Å². The molecule has 2 aliphatic rings. The van der Waals surface area contributed by atoms with Gasteiger partial charge in [0, 0.05) is 17.0 Å². The van der Waals surface area contributed by atoms with E-state index in [1.165, 1.54) is 5.56 Å². The van der Waals surface area contributed by atoms with Crippen LogP contribution in [0.1, 0.15) is 29.0 Å². The third-order valence-corrected chi connectivity index (χ3v) is 6.13. The van der Waals surface area contributed by atoms with E-state index in [0.717, 1.165) is 37.8 Å². The van der Waals surface area contributed by atoms with Gasteiger partial charge < -0.3 is 5.32 Å². The predicted octanol–water partition coefficient (Wildman–Crippen LogP) is 4.19. The van der Waals surface area contributed by atoms with Crippen LogP contribution in [0.25, 0.3) is 17.0 Å². The maximum atomic E-state index is 12.7. The molecule has 4 nitrogen and oxygen atoms in total. The lowest BCUT2D eigenvalue weighted by Crippen LogP contribution is -2.21. The van der Waals surface area contributed by atoms with Crippen molar-refractivity contribution in [3.8, 4) is 0 Å². The zero-order valence-corrected chi connectivity index (χ0v) is 14.9. The Morgan fingerprint density at radius 3 is 3.00 bits per heavy atom. The van der Waals surface area contributed by atoms with Crippen LogP contribution in [0.3, 0.4) is 0 Å². The zero-order valence-electron chi connectivity index (χ0n) is 12.8. The molecule has 24 heavy (non-hydrogen) atoms. The number of nitrogens with zero attached hydrogens (tertiary/aromatic N) is 1. The van der Waals surface area contributed by atoms with Gasteiger partial charge in [0.2, 0.25) is 5.91 Å². The fourth-order valence-electron chi connectivity index (χ4n) is 3.95. The standard InChI is InChI=1S/C19H14IN3O/c1-2-10-3-6-15-13(7-10)19(18(24)21-15)9-14(19)11-4-5-12-16(8-11)22-23-17(12)20/h2-8,14H,1,9H2,(H,21,24)(H,22,23)/t14-,19-/m0/s1. The van der Waals surface area contributed by atoms with E-state index in [4.69, 9.17) is 0 Å². The first-order chi connectivity index (χ1) is 11.6. The van der Waals surface area contributed by atoms with Crippen molar-refractivity contribution in [1.82, 2.24) is 10.2 Å². The summed E-state index contributed by atoms with van der Waals surface area (Å²) in [6.45, 7) is 3.84. The second kappa shape index (κ2) is 4.69. The minimum atomic E-state index is -0.425. The number of aromatic amines is 1. The number of carbonyl (C=O) groups excluding carboxylic acids is 1. The van der Waals surface area contributed by atoms with E-state index in [0.29, 0.717) is 0 Å². The van der Waals surface area contributed by atoms with E-state index in [-0.39, 0.29) is 11.8 Å². The number of halogens is 1. The molecule has 3 aromatic rings. The lowest BCUT2D eigenvalue weighted by molar-refractivity contribution is -0.118. The molecule has 1 spiro atoms. The molecule has 118 valence electrons. The van der Waals surface area contributed by atoms with Crippen molar-refractivity contribution in [3.05, 3.63) is 63.4 Å². The SMILES string of the molecule is C=Cc1ccc2c(c1)[C@]1(C[C@H]1c1ccc3c(I)[nH]nc3c1)C(=O)N2. The average molecular weight is 427 g/mol. The van der Waals surface area contributed by atoms with Gasteiger partial charge in [-0.1, -0.05) is 24.8 Å². The smallest absolute Gasteiger partial charge is 0.235 e. The van der Waals surface area contributed by atoms with Gasteiger partial charge in [-0.25, -0.2) is 0 Å². The number of hydrogen-bond donors (Lipinski definition) is 2. The van der Waals surface area contributed by atoms with Crippen molar-refractivity contribution in [2.75, 3.05) is 5.32 Å². The first kappa shape index (κ1) is 14.2. The molecule has 0 bridgehead atoms. The molecule has 2 aromatic carbocycles. The molecule has 2 heterocycles. The Kier molecular flexibility index (Phi) is 2.78. The highest BCUT2D eigenvalue weighted by atomic mass is 127. The van der Waals surface area contributed by atoms with Crippen molar-refractivity contribution >= 4 is 51.2 Å². The molecular formula is C19H14IN3O. The minimum absolute atomic E-state index is 0.111. The Labute approximate surface area is 152 Å². The highest BCUT2D eigenvalue weighted by Crippen LogP contribution is 2.65. The maximum absolute atomic E-state index is 12.7. The molecule has 5 rings (SSSR count). The molecule has 2 N–H and O–H groups in total. The van der Waals surface area contributed by atoms with Gasteiger partial charge in [-0.15, -0.1) is 0 Å². The Morgan fingerprint density at radius 1 is 1.29 bits per heavy atom. The minimum Gasteiger partial charge on any atom is -0.325 e. The van der Waals surface area contributed by atoms with E-state index in [2.05, 4.69) is 68.9 Å². The van der Waals surface area contributed by atoms with Crippen LogP contribution in [-0.2, 0) is 10.2 Å². The fraction of sp³-hybridized carbons (Fsp3) is 0.158. The number of benzene rings is 2. The van der Waals surface area contributed by atoms with E-state index < -0.39 is 5.41 Å². The van der Waals surface area contributed by atoms with Crippen LogP contribution in [0.15, 0.2) is 43.0 Å². The highest BCUT2D eigenvalue weighted by molar-refractivity contribution is 14.1. The summed E-state index contributed by atoms with van der Waals surface area (Å²) in [5.41, 5.74) is 4.79. The Morgan fingerprint density at radius 2 is 2.17 bits per heavy atom. The number of fused-ring (bicyclic) bond motifs is 3. The van der Waals surface area contributed by atoms with Crippen LogP contribution >= 0.6 is 22.6 Å². The molecule has 5 heteroatoms. The number of H-pyrrole nitrogens is 1. The number of hydrogen-bond acceptors (Lipinski definition) is 2. The normalized spacial score (nSPS) is 24.2. The van der Waals surface area contributed by atoms with Gasteiger partial charge >= 0.3 is 0 Å². The largest absolute Gasteiger partial charge is 0.325 e. The summed E-state index contributed by atoms with van der Waals surface area (Å²) in [4.78, 5) is 12.7. The van der Waals surface area contributed by atoms with Crippen molar-refractivity contribution < 1.29 is 4.79 Å². The Bertz CT molecular complexity index is 1040. The molecule has 1 amide bonds.